The van der Waals surface area contributed by atoms with Gasteiger partial charge in [-0.05, 0) is 55.7 Å². The number of carbonyl (C=O) groups is 1. The number of nitrogens with one attached hydrogen (secondary N) is 1. The highest BCUT2D eigenvalue weighted by Gasteiger charge is 2.33. The maximum absolute atomic E-state index is 13.5. The number of piperidine rings is 1. The number of ether oxygens (including phenoxy) is 1. The number of halogens is 1. The first-order chi connectivity index (χ1) is 15.4. The van der Waals surface area contributed by atoms with Crippen molar-refractivity contribution in [2.75, 3.05) is 49.6 Å². The molecule has 2 aliphatic rings. The predicted octanol–water partition coefficient (Wildman–Crippen LogP) is 2.41. The van der Waals surface area contributed by atoms with Crippen LogP contribution in [0.5, 0.6) is 0 Å². The maximum atomic E-state index is 13.5. The Morgan fingerprint density at radius 1 is 1.16 bits per heavy atom. The normalized spacial score (nSPS) is 18.5. The van der Waals surface area contributed by atoms with Crippen LogP contribution in [0.1, 0.15) is 18.4 Å². The Labute approximate surface area is 187 Å². The SMILES string of the molecule is Cc1cc(NC(=O)C2CCN(c3ncccc3S(=O)(=O)N3CCOCC3)CC2)ccc1F. The van der Waals surface area contributed by atoms with Crippen LogP contribution in [0, 0.1) is 18.7 Å². The zero-order valence-electron chi connectivity index (χ0n) is 18.0. The molecule has 1 aromatic carbocycles. The Kier molecular flexibility index (Phi) is 6.73. The molecular weight excluding hydrogens is 435 g/mol. The first-order valence-corrected chi connectivity index (χ1v) is 12.1. The summed E-state index contributed by atoms with van der Waals surface area (Å²) >= 11 is 0. The van der Waals surface area contributed by atoms with E-state index in [1.165, 1.54) is 10.4 Å². The van der Waals surface area contributed by atoms with E-state index in [4.69, 9.17) is 4.74 Å². The fourth-order valence-electron chi connectivity index (χ4n) is 4.07. The summed E-state index contributed by atoms with van der Waals surface area (Å²) in [4.78, 5) is 19.2. The molecule has 10 heteroatoms. The van der Waals surface area contributed by atoms with Crippen LogP contribution >= 0.6 is 0 Å². The van der Waals surface area contributed by atoms with Crippen LogP contribution in [0.25, 0.3) is 0 Å². The summed E-state index contributed by atoms with van der Waals surface area (Å²) in [6, 6.07) is 7.71. The molecular formula is C22H27FN4O4S. The number of hydrogen-bond donors (Lipinski definition) is 1. The van der Waals surface area contributed by atoms with E-state index < -0.39 is 10.0 Å². The number of nitrogens with zero attached hydrogens (tertiary/aromatic N) is 3. The summed E-state index contributed by atoms with van der Waals surface area (Å²) in [5, 5.41) is 2.86. The van der Waals surface area contributed by atoms with Crippen LogP contribution in [0.15, 0.2) is 41.4 Å². The minimum Gasteiger partial charge on any atom is -0.379 e. The van der Waals surface area contributed by atoms with Crippen LogP contribution in [-0.2, 0) is 19.6 Å². The molecule has 2 fully saturated rings. The number of rotatable bonds is 5. The molecule has 2 aromatic rings. The van der Waals surface area contributed by atoms with Gasteiger partial charge in [-0.1, -0.05) is 0 Å². The third-order valence-corrected chi connectivity index (χ3v) is 7.85. The lowest BCUT2D eigenvalue weighted by Crippen LogP contribution is -2.42. The maximum Gasteiger partial charge on any atom is 0.246 e. The molecule has 3 heterocycles. The molecule has 2 aliphatic heterocycles. The molecule has 0 bridgehead atoms. The van der Waals surface area contributed by atoms with Crippen LogP contribution in [0.3, 0.4) is 0 Å². The molecule has 1 N–H and O–H groups in total. The van der Waals surface area contributed by atoms with Crippen molar-refractivity contribution >= 4 is 27.4 Å². The van der Waals surface area contributed by atoms with E-state index in [1.54, 1.807) is 37.4 Å². The molecule has 2 saturated heterocycles. The zero-order chi connectivity index (χ0) is 22.7. The lowest BCUT2D eigenvalue weighted by Gasteiger charge is -2.34. The molecule has 8 nitrogen and oxygen atoms in total. The van der Waals surface area contributed by atoms with Gasteiger partial charge in [-0.15, -0.1) is 0 Å². The quantitative estimate of drug-likeness (QED) is 0.734. The molecule has 1 aromatic heterocycles. The van der Waals surface area contributed by atoms with Gasteiger partial charge in [0.25, 0.3) is 0 Å². The fourth-order valence-corrected chi connectivity index (χ4v) is 5.64. The Balaban J connectivity index is 1.43. The standard InChI is InChI=1S/C22H27FN4O4S/c1-16-15-18(4-5-19(16)23)25-22(28)17-6-9-26(10-7-17)21-20(3-2-8-24-21)32(29,30)27-11-13-31-14-12-27/h2-5,8,15,17H,6-7,9-14H2,1H3,(H,25,28). The van der Waals surface area contributed by atoms with Crippen LogP contribution in [0.4, 0.5) is 15.9 Å². The average Bonchev–Trinajstić information content (AvgIpc) is 2.82. The van der Waals surface area contributed by atoms with E-state index in [1.807, 2.05) is 4.90 Å². The minimum atomic E-state index is -3.68. The molecule has 1 amide bonds. The molecule has 0 saturated carbocycles. The molecule has 0 aliphatic carbocycles. The Morgan fingerprint density at radius 3 is 2.56 bits per heavy atom. The molecule has 0 unspecified atom stereocenters. The Morgan fingerprint density at radius 2 is 1.88 bits per heavy atom. The van der Waals surface area contributed by atoms with E-state index >= 15 is 0 Å². The summed E-state index contributed by atoms with van der Waals surface area (Å²) < 4.78 is 46.5. The van der Waals surface area contributed by atoms with Crippen molar-refractivity contribution in [2.24, 2.45) is 5.92 Å². The predicted molar refractivity (Wildman–Crippen MR) is 119 cm³/mol. The van der Waals surface area contributed by atoms with Crippen molar-refractivity contribution in [3.05, 3.63) is 47.9 Å². The fraction of sp³-hybridized carbons (Fsp3) is 0.455. The smallest absolute Gasteiger partial charge is 0.246 e. The number of benzene rings is 1. The summed E-state index contributed by atoms with van der Waals surface area (Å²) in [5.74, 6) is -0.209. The number of aromatic nitrogens is 1. The van der Waals surface area contributed by atoms with Crippen molar-refractivity contribution in [1.82, 2.24) is 9.29 Å². The highest BCUT2D eigenvalue weighted by molar-refractivity contribution is 7.89. The van der Waals surface area contributed by atoms with Gasteiger partial charge in [0.15, 0.2) is 0 Å². The molecule has 4 rings (SSSR count). The van der Waals surface area contributed by atoms with E-state index in [0.717, 1.165) is 0 Å². The monoisotopic (exact) mass is 462 g/mol. The topological polar surface area (TPSA) is 91.8 Å². The first-order valence-electron chi connectivity index (χ1n) is 10.7. The summed E-state index contributed by atoms with van der Waals surface area (Å²) in [6.45, 7) is 4.08. The second kappa shape index (κ2) is 9.51. The second-order valence-corrected chi connectivity index (χ2v) is 9.96. The van der Waals surface area contributed by atoms with Crippen molar-refractivity contribution in [2.45, 2.75) is 24.7 Å². The molecule has 172 valence electrons. The Hall–Kier alpha value is -2.56. The number of aryl methyl sites for hydroxylation is 1. The van der Waals surface area contributed by atoms with E-state index in [-0.39, 0.29) is 22.5 Å². The summed E-state index contributed by atoms with van der Waals surface area (Å²) in [6.07, 6.45) is 2.72. The number of hydrogen-bond acceptors (Lipinski definition) is 6. The van der Waals surface area contributed by atoms with Crippen LogP contribution in [0.2, 0.25) is 0 Å². The number of pyridine rings is 1. The van der Waals surface area contributed by atoms with Gasteiger partial charge < -0.3 is 15.0 Å². The second-order valence-electron chi connectivity index (χ2n) is 8.06. The molecule has 32 heavy (non-hydrogen) atoms. The van der Waals surface area contributed by atoms with Gasteiger partial charge >= 0.3 is 0 Å². The van der Waals surface area contributed by atoms with Crippen molar-refractivity contribution in [1.29, 1.82) is 0 Å². The van der Waals surface area contributed by atoms with E-state index in [0.29, 0.717) is 69.3 Å². The largest absolute Gasteiger partial charge is 0.379 e. The van der Waals surface area contributed by atoms with Gasteiger partial charge in [0.05, 0.1) is 13.2 Å². The van der Waals surface area contributed by atoms with Crippen molar-refractivity contribution < 1.29 is 22.3 Å². The van der Waals surface area contributed by atoms with Gasteiger partial charge in [-0.25, -0.2) is 17.8 Å². The molecule has 0 atom stereocenters. The van der Waals surface area contributed by atoms with Crippen LogP contribution < -0.4 is 10.2 Å². The number of sulfonamides is 1. The number of anilines is 2. The first kappa shape index (κ1) is 22.6. The highest BCUT2D eigenvalue weighted by Crippen LogP contribution is 2.30. The molecule has 0 spiro atoms. The third-order valence-electron chi connectivity index (χ3n) is 5.93. The zero-order valence-corrected chi connectivity index (χ0v) is 18.8. The minimum absolute atomic E-state index is 0.113. The van der Waals surface area contributed by atoms with Crippen molar-refractivity contribution in [3.8, 4) is 0 Å². The number of morpholine rings is 1. The Bertz CT molecular complexity index is 1080. The van der Waals surface area contributed by atoms with Crippen molar-refractivity contribution in [3.63, 3.8) is 0 Å². The average molecular weight is 463 g/mol. The number of carbonyl (C=O) groups excluding carboxylic acids is 1. The van der Waals surface area contributed by atoms with Gasteiger partial charge in [0.2, 0.25) is 15.9 Å². The van der Waals surface area contributed by atoms with Crippen LogP contribution in [-0.4, -0.2) is 63.0 Å². The van der Waals surface area contributed by atoms with E-state index in [9.17, 15) is 17.6 Å². The third kappa shape index (κ3) is 4.77. The van der Waals surface area contributed by atoms with Gasteiger partial charge in [-0.3, -0.25) is 4.79 Å². The molecule has 0 radical (unpaired) electrons. The van der Waals surface area contributed by atoms with Gasteiger partial charge in [-0.2, -0.15) is 4.31 Å². The highest BCUT2D eigenvalue weighted by atomic mass is 32.2. The van der Waals surface area contributed by atoms with Gasteiger partial charge in [0.1, 0.15) is 16.5 Å². The lowest BCUT2D eigenvalue weighted by atomic mass is 9.95. The number of amides is 1. The van der Waals surface area contributed by atoms with Gasteiger partial charge in [0, 0.05) is 44.0 Å². The summed E-state index contributed by atoms with van der Waals surface area (Å²) in [7, 11) is -3.68. The lowest BCUT2D eigenvalue weighted by molar-refractivity contribution is -0.120. The van der Waals surface area contributed by atoms with E-state index in [2.05, 4.69) is 10.3 Å². The summed E-state index contributed by atoms with van der Waals surface area (Å²) in [5.41, 5.74) is 1.04.